The third-order valence-corrected chi connectivity index (χ3v) is 4.16. The van der Waals surface area contributed by atoms with Crippen molar-refractivity contribution in [2.45, 2.75) is 20.3 Å². The second kappa shape index (κ2) is 6.21. The number of nitrogens with zero attached hydrogens (tertiary/aromatic N) is 1. The van der Waals surface area contributed by atoms with Crippen molar-refractivity contribution in [3.63, 3.8) is 0 Å². The van der Waals surface area contributed by atoms with E-state index in [0.29, 0.717) is 0 Å². The van der Waals surface area contributed by atoms with Gasteiger partial charge in [0.1, 0.15) is 0 Å². The van der Waals surface area contributed by atoms with E-state index in [1.54, 1.807) is 0 Å². The molecule has 1 N–H and O–H groups in total. The molecule has 21 heavy (non-hydrogen) atoms. The number of rotatable bonds is 4. The molecule has 1 heterocycles. The first-order valence-corrected chi connectivity index (χ1v) is 7.86. The lowest BCUT2D eigenvalue weighted by molar-refractivity contribution is 0.535. The molecular weight excluding hydrogens is 256 g/mol. The first-order chi connectivity index (χ1) is 10.2. The van der Waals surface area contributed by atoms with Crippen LogP contribution in [0.15, 0.2) is 48.5 Å². The maximum atomic E-state index is 3.54. The minimum absolute atomic E-state index is 0.735. The summed E-state index contributed by atoms with van der Waals surface area (Å²) in [6.45, 7) is 7.66. The first-order valence-electron chi connectivity index (χ1n) is 7.86. The number of nitrogens with one attached hydrogen (secondary N) is 1. The fourth-order valence-corrected chi connectivity index (χ4v) is 3.21. The summed E-state index contributed by atoms with van der Waals surface area (Å²) in [7, 11) is 0. The number of hydrogen-bond acceptors (Lipinski definition) is 2. The molecular formula is C19H24N2. The van der Waals surface area contributed by atoms with E-state index in [0.717, 1.165) is 25.6 Å². The van der Waals surface area contributed by atoms with Crippen LogP contribution in [0.1, 0.15) is 18.1 Å². The molecule has 110 valence electrons. The Morgan fingerprint density at radius 2 is 2.00 bits per heavy atom. The maximum Gasteiger partial charge on any atom is 0.0399 e. The number of fused-ring (bicyclic) bond motifs is 1. The van der Waals surface area contributed by atoms with E-state index in [1.165, 1.54) is 28.9 Å². The maximum absolute atomic E-state index is 3.54. The molecule has 0 aliphatic carbocycles. The monoisotopic (exact) mass is 280 g/mol. The van der Waals surface area contributed by atoms with Crippen LogP contribution in [0.2, 0.25) is 0 Å². The topological polar surface area (TPSA) is 15.3 Å². The largest absolute Gasteiger partial charge is 0.383 e. The Morgan fingerprint density at radius 3 is 2.86 bits per heavy atom. The molecule has 0 radical (unpaired) electrons. The Bertz CT molecular complexity index is 606. The summed E-state index contributed by atoms with van der Waals surface area (Å²) in [6, 6.07) is 17.4. The van der Waals surface area contributed by atoms with Crippen molar-refractivity contribution in [1.82, 2.24) is 0 Å². The molecule has 0 saturated heterocycles. The molecule has 2 aromatic carbocycles. The molecule has 0 amide bonds. The van der Waals surface area contributed by atoms with E-state index in [9.17, 15) is 0 Å². The van der Waals surface area contributed by atoms with Crippen molar-refractivity contribution in [3.05, 3.63) is 59.7 Å². The lowest BCUT2D eigenvalue weighted by atomic mass is 9.94. The van der Waals surface area contributed by atoms with Gasteiger partial charge in [-0.05, 0) is 48.6 Å². The summed E-state index contributed by atoms with van der Waals surface area (Å²) in [4.78, 5) is 2.52. The summed E-state index contributed by atoms with van der Waals surface area (Å²) in [5, 5.41) is 3.54. The van der Waals surface area contributed by atoms with Gasteiger partial charge in [0.15, 0.2) is 0 Å². The fraction of sp³-hybridized carbons (Fsp3) is 0.368. The van der Waals surface area contributed by atoms with Gasteiger partial charge < -0.3 is 10.2 Å². The van der Waals surface area contributed by atoms with Crippen molar-refractivity contribution < 1.29 is 0 Å². The van der Waals surface area contributed by atoms with Crippen LogP contribution in [0, 0.1) is 12.8 Å². The van der Waals surface area contributed by atoms with Gasteiger partial charge in [0.2, 0.25) is 0 Å². The highest BCUT2D eigenvalue weighted by molar-refractivity contribution is 5.56. The molecule has 0 spiro atoms. The average Bonchev–Trinajstić information content (AvgIpc) is 2.47. The van der Waals surface area contributed by atoms with Crippen molar-refractivity contribution >= 4 is 11.4 Å². The first kappa shape index (κ1) is 14.0. The Kier molecular flexibility index (Phi) is 4.14. The molecule has 3 rings (SSSR count). The predicted octanol–water partition coefficient (Wildman–Crippen LogP) is 4.11. The van der Waals surface area contributed by atoms with Gasteiger partial charge >= 0.3 is 0 Å². The summed E-state index contributed by atoms with van der Waals surface area (Å²) in [5.41, 5.74) is 5.43. The Morgan fingerprint density at radius 1 is 1.14 bits per heavy atom. The van der Waals surface area contributed by atoms with Crippen LogP contribution in [0.4, 0.5) is 11.4 Å². The second-order valence-corrected chi connectivity index (χ2v) is 6.18. The van der Waals surface area contributed by atoms with Gasteiger partial charge in [-0.1, -0.05) is 37.3 Å². The zero-order valence-corrected chi connectivity index (χ0v) is 13.0. The average molecular weight is 280 g/mol. The van der Waals surface area contributed by atoms with Crippen molar-refractivity contribution in [3.8, 4) is 0 Å². The third-order valence-electron chi connectivity index (χ3n) is 4.16. The molecule has 1 aliphatic heterocycles. The number of para-hydroxylation sites is 1. The van der Waals surface area contributed by atoms with Gasteiger partial charge in [-0.2, -0.15) is 0 Å². The highest BCUT2D eigenvalue weighted by Gasteiger charge is 2.20. The van der Waals surface area contributed by atoms with Crippen LogP contribution in [-0.4, -0.2) is 19.6 Å². The molecule has 2 heteroatoms. The number of hydrogen-bond donors (Lipinski definition) is 1. The molecule has 1 unspecified atom stereocenters. The molecule has 1 atom stereocenters. The zero-order chi connectivity index (χ0) is 14.7. The number of aryl methyl sites for hydroxylation is 1. The lowest BCUT2D eigenvalue weighted by Gasteiger charge is -2.35. The Balaban J connectivity index is 1.63. The summed E-state index contributed by atoms with van der Waals surface area (Å²) in [6.07, 6.45) is 1.21. The van der Waals surface area contributed by atoms with Crippen LogP contribution >= 0.6 is 0 Å². The van der Waals surface area contributed by atoms with E-state index in [1.807, 2.05) is 0 Å². The highest BCUT2D eigenvalue weighted by atomic mass is 15.2. The van der Waals surface area contributed by atoms with Gasteiger partial charge in [-0.3, -0.25) is 0 Å². The van der Waals surface area contributed by atoms with Crippen LogP contribution in [0.3, 0.4) is 0 Å². The predicted molar refractivity (Wildman–Crippen MR) is 91.2 cm³/mol. The van der Waals surface area contributed by atoms with Crippen molar-refractivity contribution in [1.29, 1.82) is 0 Å². The van der Waals surface area contributed by atoms with Gasteiger partial charge in [0.25, 0.3) is 0 Å². The molecule has 1 aliphatic rings. The second-order valence-electron chi connectivity index (χ2n) is 6.18. The van der Waals surface area contributed by atoms with Crippen molar-refractivity contribution in [2.75, 3.05) is 29.9 Å². The van der Waals surface area contributed by atoms with Gasteiger partial charge in [-0.25, -0.2) is 0 Å². The normalized spacial score (nSPS) is 17.4. The molecule has 0 aromatic heterocycles. The van der Waals surface area contributed by atoms with Crippen LogP contribution in [0.5, 0.6) is 0 Å². The quantitative estimate of drug-likeness (QED) is 0.907. The molecule has 0 bridgehead atoms. The van der Waals surface area contributed by atoms with Gasteiger partial charge in [0, 0.05) is 31.0 Å². The lowest BCUT2D eigenvalue weighted by Crippen LogP contribution is -2.37. The van der Waals surface area contributed by atoms with Crippen molar-refractivity contribution in [2.24, 2.45) is 5.92 Å². The van der Waals surface area contributed by atoms with Gasteiger partial charge in [0.05, 0.1) is 0 Å². The Labute approximate surface area is 127 Å². The SMILES string of the molecule is Cc1cccc(NCCN2CC(C)Cc3ccccc32)c1. The number of benzene rings is 2. The fourth-order valence-electron chi connectivity index (χ4n) is 3.21. The number of anilines is 2. The standard InChI is InChI=1S/C19H24N2/c1-15-6-5-8-18(13-15)20-10-11-21-14-16(2)12-17-7-3-4-9-19(17)21/h3-9,13,16,20H,10-12,14H2,1-2H3. The third kappa shape index (κ3) is 3.38. The molecule has 2 aromatic rings. The molecule has 0 saturated carbocycles. The van der Waals surface area contributed by atoms with Crippen LogP contribution < -0.4 is 10.2 Å². The van der Waals surface area contributed by atoms with Gasteiger partial charge in [-0.15, -0.1) is 0 Å². The summed E-state index contributed by atoms with van der Waals surface area (Å²) >= 11 is 0. The molecule has 0 fully saturated rings. The minimum Gasteiger partial charge on any atom is -0.383 e. The van der Waals surface area contributed by atoms with E-state index < -0.39 is 0 Å². The van der Waals surface area contributed by atoms with E-state index >= 15 is 0 Å². The summed E-state index contributed by atoms with van der Waals surface area (Å²) < 4.78 is 0. The van der Waals surface area contributed by atoms with Crippen LogP contribution in [0.25, 0.3) is 0 Å². The smallest absolute Gasteiger partial charge is 0.0399 e. The molecule has 2 nitrogen and oxygen atoms in total. The zero-order valence-electron chi connectivity index (χ0n) is 13.0. The Hall–Kier alpha value is -1.96. The van der Waals surface area contributed by atoms with E-state index in [-0.39, 0.29) is 0 Å². The minimum atomic E-state index is 0.735. The van der Waals surface area contributed by atoms with E-state index in [4.69, 9.17) is 0 Å². The van der Waals surface area contributed by atoms with E-state index in [2.05, 4.69) is 72.6 Å². The van der Waals surface area contributed by atoms with Crippen LogP contribution in [-0.2, 0) is 6.42 Å². The summed E-state index contributed by atoms with van der Waals surface area (Å²) in [5.74, 6) is 0.735. The highest BCUT2D eigenvalue weighted by Crippen LogP contribution is 2.28.